The van der Waals surface area contributed by atoms with Crippen molar-refractivity contribution in [3.05, 3.63) is 29.8 Å². The first kappa shape index (κ1) is 15.5. The summed E-state index contributed by atoms with van der Waals surface area (Å²) in [6.07, 6.45) is 1.57. The molecule has 4 nitrogen and oxygen atoms in total. The highest BCUT2D eigenvalue weighted by Crippen LogP contribution is 2.20. The van der Waals surface area contributed by atoms with Gasteiger partial charge < -0.3 is 15.8 Å². The van der Waals surface area contributed by atoms with Crippen LogP contribution in [0, 0.1) is 5.92 Å². The van der Waals surface area contributed by atoms with E-state index < -0.39 is 0 Å². The molecule has 0 aliphatic heterocycles. The molecule has 1 aromatic rings. The Bertz CT molecular complexity index is 390. The second-order valence-electron chi connectivity index (χ2n) is 4.72. The number of methoxy groups -OCH3 is 1. The molecule has 0 aliphatic rings. The summed E-state index contributed by atoms with van der Waals surface area (Å²) in [6.45, 7) is 4.50. The SMILES string of the molecule is CCC(NC(=O)C(C)CCN)c1ccc(OC)cc1. The molecule has 1 aromatic carbocycles. The molecule has 0 aromatic heterocycles. The fourth-order valence-electron chi connectivity index (χ4n) is 1.95. The van der Waals surface area contributed by atoms with Gasteiger partial charge in [0.2, 0.25) is 5.91 Å². The summed E-state index contributed by atoms with van der Waals surface area (Å²) in [7, 11) is 1.64. The highest BCUT2D eigenvalue weighted by atomic mass is 16.5. The third-order valence-electron chi connectivity index (χ3n) is 3.29. The topological polar surface area (TPSA) is 64.4 Å². The van der Waals surface area contributed by atoms with Gasteiger partial charge in [-0.15, -0.1) is 0 Å². The number of hydrogen-bond donors (Lipinski definition) is 2. The van der Waals surface area contributed by atoms with Crippen LogP contribution in [0.4, 0.5) is 0 Å². The quantitative estimate of drug-likeness (QED) is 0.794. The third kappa shape index (κ3) is 4.56. The van der Waals surface area contributed by atoms with E-state index >= 15 is 0 Å². The van der Waals surface area contributed by atoms with E-state index in [9.17, 15) is 4.79 Å². The molecule has 1 rings (SSSR count). The first-order valence-corrected chi connectivity index (χ1v) is 6.76. The normalized spacial score (nSPS) is 13.7. The van der Waals surface area contributed by atoms with E-state index in [0.717, 1.165) is 17.7 Å². The van der Waals surface area contributed by atoms with Gasteiger partial charge in [0.25, 0.3) is 0 Å². The van der Waals surface area contributed by atoms with Crippen LogP contribution in [0.3, 0.4) is 0 Å². The van der Waals surface area contributed by atoms with Crippen LogP contribution in [-0.2, 0) is 4.79 Å². The van der Waals surface area contributed by atoms with Crippen LogP contribution in [0.15, 0.2) is 24.3 Å². The molecule has 0 aliphatic carbocycles. The van der Waals surface area contributed by atoms with Crippen LogP contribution in [0.25, 0.3) is 0 Å². The van der Waals surface area contributed by atoms with Gasteiger partial charge in [0, 0.05) is 5.92 Å². The van der Waals surface area contributed by atoms with E-state index in [2.05, 4.69) is 12.2 Å². The smallest absolute Gasteiger partial charge is 0.223 e. The Hall–Kier alpha value is -1.55. The minimum absolute atomic E-state index is 0.0404. The molecule has 2 unspecified atom stereocenters. The number of amides is 1. The van der Waals surface area contributed by atoms with Gasteiger partial charge in [0.1, 0.15) is 5.75 Å². The van der Waals surface area contributed by atoms with Crippen molar-refractivity contribution in [2.24, 2.45) is 11.7 Å². The Morgan fingerprint density at radius 1 is 1.37 bits per heavy atom. The molecule has 0 radical (unpaired) electrons. The molecule has 0 fully saturated rings. The van der Waals surface area contributed by atoms with Crippen LogP contribution in [0.5, 0.6) is 5.75 Å². The van der Waals surface area contributed by atoms with Crippen LogP contribution < -0.4 is 15.8 Å². The van der Waals surface area contributed by atoms with Crippen LogP contribution in [-0.4, -0.2) is 19.6 Å². The van der Waals surface area contributed by atoms with E-state index in [-0.39, 0.29) is 17.9 Å². The molecule has 3 N–H and O–H groups in total. The zero-order valence-electron chi connectivity index (χ0n) is 12.0. The second kappa shape index (κ2) is 7.79. The summed E-state index contributed by atoms with van der Waals surface area (Å²) in [5.41, 5.74) is 6.57. The molecule has 106 valence electrons. The number of ether oxygens (including phenoxy) is 1. The first-order chi connectivity index (χ1) is 9.12. The maximum Gasteiger partial charge on any atom is 0.223 e. The lowest BCUT2D eigenvalue weighted by Gasteiger charge is -2.20. The summed E-state index contributed by atoms with van der Waals surface area (Å²) in [4.78, 5) is 12.0. The van der Waals surface area contributed by atoms with Crippen molar-refractivity contribution in [3.8, 4) is 5.75 Å². The van der Waals surface area contributed by atoms with Crippen molar-refractivity contribution in [2.45, 2.75) is 32.7 Å². The van der Waals surface area contributed by atoms with Gasteiger partial charge in [-0.05, 0) is 37.1 Å². The van der Waals surface area contributed by atoms with Crippen molar-refractivity contribution < 1.29 is 9.53 Å². The van der Waals surface area contributed by atoms with Gasteiger partial charge in [-0.1, -0.05) is 26.0 Å². The third-order valence-corrected chi connectivity index (χ3v) is 3.29. The standard InChI is InChI=1S/C15H24N2O2/c1-4-14(17-15(18)11(2)9-10-16)12-5-7-13(19-3)8-6-12/h5-8,11,14H,4,9-10,16H2,1-3H3,(H,17,18). The minimum Gasteiger partial charge on any atom is -0.497 e. The number of nitrogens with one attached hydrogen (secondary N) is 1. The van der Waals surface area contributed by atoms with Crippen molar-refractivity contribution >= 4 is 5.91 Å². The Kier molecular flexibility index (Phi) is 6.36. The van der Waals surface area contributed by atoms with Gasteiger partial charge in [0.15, 0.2) is 0 Å². The van der Waals surface area contributed by atoms with Crippen LogP contribution in [0.1, 0.15) is 38.3 Å². The summed E-state index contributed by atoms with van der Waals surface area (Å²) in [5.74, 6) is 0.840. The van der Waals surface area contributed by atoms with Gasteiger partial charge in [-0.3, -0.25) is 4.79 Å². The monoisotopic (exact) mass is 264 g/mol. The number of carbonyl (C=O) groups excluding carboxylic acids is 1. The number of benzene rings is 1. The van der Waals surface area contributed by atoms with Gasteiger partial charge in [-0.2, -0.15) is 0 Å². The van der Waals surface area contributed by atoms with E-state index in [1.54, 1.807) is 7.11 Å². The Balaban J connectivity index is 2.69. The van der Waals surface area contributed by atoms with Crippen molar-refractivity contribution in [1.29, 1.82) is 0 Å². The number of carbonyl (C=O) groups is 1. The maximum atomic E-state index is 12.0. The molecule has 4 heteroatoms. The lowest BCUT2D eigenvalue weighted by atomic mass is 10.0. The average Bonchev–Trinajstić information content (AvgIpc) is 2.45. The van der Waals surface area contributed by atoms with E-state index in [1.807, 2.05) is 31.2 Å². The van der Waals surface area contributed by atoms with Crippen molar-refractivity contribution in [1.82, 2.24) is 5.32 Å². The highest BCUT2D eigenvalue weighted by molar-refractivity contribution is 5.78. The predicted octanol–water partition coefficient (Wildman–Crippen LogP) is 2.25. The number of nitrogens with two attached hydrogens (primary N) is 1. The Morgan fingerprint density at radius 2 is 2.00 bits per heavy atom. The molecular weight excluding hydrogens is 240 g/mol. The number of hydrogen-bond acceptors (Lipinski definition) is 3. The maximum absolute atomic E-state index is 12.0. The largest absolute Gasteiger partial charge is 0.497 e. The lowest BCUT2D eigenvalue weighted by molar-refractivity contribution is -0.125. The zero-order valence-corrected chi connectivity index (χ0v) is 12.0. The molecule has 0 saturated heterocycles. The van der Waals surface area contributed by atoms with Crippen molar-refractivity contribution in [3.63, 3.8) is 0 Å². The molecule has 0 heterocycles. The summed E-state index contributed by atoms with van der Waals surface area (Å²) in [6, 6.07) is 7.83. The lowest BCUT2D eigenvalue weighted by Crippen LogP contribution is -2.33. The van der Waals surface area contributed by atoms with Gasteiger partial charge in [0.05, 0.1) is 13.2 Å². The Morgan fingerprint density at radius 3 is 2.47 bits per heavy atom. The molecule has 0 bridgehead atoms. The Labute approximate surface area is 115 Å². The molecule has 19 heavy (non-hydrogen) atoms. The molecule has 0 saturated carbocycles. The predicted molar refractivity (Wildman–Crippen MR) is 77.0 cm³/mol. The van der Waals surface area contributed by atoms with E-state index in [4.69, 9.17) is 10.5 Å². The second-order valence-corrected chi connectivity index (χ2v) is 4.72. The fraction of sp³-hybridized carbons (Fsp3) is 0.533. The summed E-state index contributed by atoms with van der Waals surface area (Å²) < 4.78 is 5.13. The van der Waals surface area contributed by atoms with E-state index in [0.29, 0.717) is 13.0 Å². The van der Waals surface area contributed by atoms with Gasteiger partial charge in [-0.25, -0.2) is 0 Å². The first-order valence-electron chi connectivity index (χ1n) is 6.76. The van der Waals surface area contributed by atoms with Gasteiger partial charge >= 0.3 is 0 Å². The molecular formula is C15H24N2O2. The molecule has 1 amide bonds. The average molecular weight is 264 g/mol. The molecule has 0 spiro atoms. The van der Waals surface area contributed by atoms with E-state index in [1.165, 1.54) is 0 Å². The van der Waals surface area contributed by atoms with Crippen LogP contribution >= 0.6 is 0 Å². The highest BCUT2D eigenvalue weighted by Gasteiger charge is 2.17. The number of rotatable bonds is 7. The van der Waals surface area contributed by atoms with Crippen molar-refractivity contribution in [2.75, 3.05) is 13.7 Å². The summed E-state index contributed by atoms with van der Waals surface area (Å²) in [5, 5.41) is 3.07. The summed E-state index contributed by atoms with van der Waals surface area (Å²) >= 11 is 0. The fourth-order valence-corrected chi connectivity index (χ4v) is 1.95. The van der Waals surface area contributed by atoms with Crippen LogP contribution in [0.2, 0.25) is 0 Å². The molecule has 2 atom stereocenters. The zero-order chi connectivity index (χ0) is 14.3. The minimum atomic E-state index is -0.0442.